The van der Waals surface area contributed by atoms with E-state index in [-0.39, 0.29) is 6.61 Å². The molecule has 0 radical (unpaired) electrons. The normalized spacial score (nSPS) is 10.8. The largest absolute Gasteiger partial charge is 0.465 e. The van der Waals surface area contributed by atoms with Crippen molar-refractivity contribution in [1.82, 2.24) is 14.8 Å². The Balaban J connectivity index is 2.22. The SMILES string of the molecule is COCc1c(C(=O)OC)cnn1-c1cccc2ncccc12. The highest BCUT2D eigenvalue weighted by Gasteiger charge is 2.19. The first kappa shape index (κ1) is 14.2. The summed E-state index contributed by atoms with van der Waals surface area (Å²) in [6, 6.07) is 9.60. The number of ether oxygens (including phenoxy) is 2. The van der Waals surface area contributed by atoms with Crippen LogP contribution in [0.5, 0.6) is 0 Å². The summed E-state index contributed by atoms with van der Waals surface area (Å²) in [5.41, 5.74) is 2.74. The van der Waals surface area contributed by atoms with E-state index in [0.29, 0.717) is 11.3 Å². The Bertz CT molecular complexity index is 821. The van der Waals surface area contributed by atoms with Gasteiger partial charge in [0, 0.05) is 18.7 Å². The van der Waals surface area contributed by atoms with Crippen LogP contribution in [0.2, 0.25) is 0 Å². The number of pyridine rings is 1. The molecule has 0 spiro atoms. The summed E-state index contributed by atoms with van der Waals surface area (Å²) in [4.78, 5) is 16.2. The third-order valence-electron chi connectivity index (χ3n) is 3.41. The average Bonchev–Trinajstić information content (AvgIpc) is 2.97. The predicted molar refractivity (Wildman–Crippen MR) is 80.9 cm³/mol. The molecule has 1 aromatic carbocycles. The molecular weight excluding hydrogens is 282 g/mol. The number of nitrogens with zero attached hydrogens (tertiary/aromatic N) is 3. The van der Waals surface area contributed by atoms with Crippen LogP contribution in [0, 0.1) is 0 Å². The molecule has 6 heteroatoms. The van der Waals surface area contributed by atoms with Crippen molar-refractivity contribution < 1.29 is 14.3 Å². The molecule has 0 bridgehead atoms. The van der Waals surface area contributed by atoms with Gasteiger partial charge in [0.05, 0.1) is 36.8 Å². The minimum absolute atomic E-state index is 0.251. The Morgan fingerprint density at radius 2 is 2.09 bits per heavy atom. The monoisotopic (exact) mass is 297 g/mol. The third-order valence-corrected chi connectivity index (χ3v) is 3.41. The molecule has 0 aliphatic carbocycles. The zero-order chi connectivity index (χ0) is 15.5. The van der Waals surface area contributed by atoms with Crippen molar-refractivity contribution >= 4 is 16.9 Å². The van der Waals surface area contributed by atoms with Gasteiger partial charge in [-0.1, -0.05) is 6.07 Å². The van der Waals surface area contributed by atoms with E-state index in [1.165, 1.54) is 13.3 Å². The van der Waals surface area contributed by atoms with Crippen molar-refractivity contribution in [2.75, 3.05) is 14.2 Å². The maximum Gasteiger partial charge on any atom is 0.341 e. The lowest BCUT2D eigenvalue weighted by molar-refractivity contribution is 0.0595. The Morgan fingerprint density at radius 1 is 1.23 bits per heavy atom. The second-order valence-electron chi connectivity index (χ2n) is 4.69. The molecular formula is C16H15N3O3. The zero-order valence-corrected chi connectivity index (χ0v) is 12.3. The van der Waals surface area contributed by atoms with Gasteiger partial charge in [-0.2, -0.15) is 5.10 Å². The smallest absolute Gasteiger partial charge is 0.341 e. The highest BCUT2D eigenvalue weighted by molar-refractivity contribution is 5.91. The van der Waals surface area contributed by atoms with Crippen molar-refractivity contribution in [3.63, 3.8) is 0 Å². The van der Waals surface area contributed by atoms with Crippen molar-refractivity contribution in [3.05, 3.63) is 54.0 Å². The Hall–Kier alpha value is -2.73. The van der Waals surface area contributed by atoms with Gasteiger partial charge in [-0.15, -0.1) is 0 Å². The number of rotatable bonds is 4. The Labute approximate surface area is 127 Å². The van der Waals surface area contributed by atoms with E-state index < -0.39 is 5.97 Å². The van der Waals surface area contributed by atoms with Crippen LogP contribution in [0.1, 0.15) is 16.1 Å². The summed E-state index contributed by atoms with van der Waals surface area (Å²) in [7, 11) is 2.92. The number of esters is 1. The zero-order valence-electron chi connectivity index (χ0n) is 12.3. The van der Waals surface area contributed by atoms with Gasteiger partial charge >= 0.3 is 5.97 Å². The van der Waals surface area contributed by atoms with E-state index in [0.717, 1.165) is 16.6 Å². The van der Waals surface area contributed by atoms with Crippen LogP contribution in [0.3, 0.4) is 0 Å². The van der Waals surface area contributed by atoms with Crippen LogP contribution in [-0.4, -0.2) is 35.0 Å². The van der Waals surface area contributed by atoms with E-state index >= 15 is 0 Å². The summed E-state index contributed by atoms with van der Waals surface area (Å²) in [5.74, 6) is -0.434. The van der Waals surface area contributed by atoms with Crippen LogP contribution in [-0.2, 0) is 16.1 Å². The molecule has 22 heavy (non-hydrogen) atoms. The fourth-order valence-corrected chi connectivity index (χ4v) is 2.41. The van der Waals surface area contributed by atoms with Crippen LogP contribution in [0.25, 0.3) is 16.6 Å². The molecule has 0 atom stereocenters. The van der Waals surface area contributed by atoms with Gasteiger partial charge < -0.3 is 9.47 Å². The molecule has 6 nitrogen and oxygen atoms in total. The molecule has 3 aromatic rings. The van der Waals surface area contributed by atoms with E-state index in [1.807, 2.05) is 30.3 Å². The molecule has 0 N–H and O–H groups in total. The number of fused-ring (bicyclic) bond motifs is 1. The lowest BCUT2D eigenvalue weighted by Crippen LogP contribution is -2.09. The van der Waals surface area contributed by atoms with E-state index in [9.17, 15) is 4.79 Å². The summed E-state index contributed by atoms with van der Waals surface area (Å²) in [5, 5.41) is 5.28. The standard InChI is InChI=1S/C16H15N3O3/c1-21-10-15-12(16(20)22-2)9-18-19(15)14-7-3-6-13-11(14)5-4-8-17-13/h3-9H,10H2,1-2H3. The minimum atomic E-state index is -0.434. The first-order valence-electron chi connectivity index (χ1n) is 6.74. The van der Waals surface area contributed by atoms with Crippen LogP contribution in [0.4, 0.5) is 0 Å². The highest BCUT2D eigenvalue weighted by Crippen LogP contribution is 2.23. The van der Waals surface area contributed by atoms with E-state index in [4.69, 9.17) is 9.47 Å². The number of hydrogen-bond acceptors (Lipinski definition) is 5. The van der Waals surface area contributed by atoms with Gasteiger partial charge in [-0.3, -0.25) is 4.98 Å². The van der Waals surface area contributed by atoms with E-state index in [1.54, 1.807) is 18.0 Å². The molecule has 2 aromatic heterocycles. The van der Waals surface area contributed by atoms with Gasteiger partial charge in [-0.25, -0.2) is 9.48 Å². The van der Waals surface area contributed by atoms with Crippen molar-refractivity contribution in [2.45, 2.75) is 6.61 Å². The molecule has 0 aliphatic heterocycles. The Morgan fingerprint density at radius 3 is 2.86 bits per heavy atom. The summed E-state index contributed by atoms with van der Waals surface area (Å²) in [6.07, 6.45) is 3.24. The predicted octanol–water partition coefficient (Wildman–Crippen LogP) is 2.35. The van der Waals surface area contributed by atoms with Crippen molar-refractivity contribution in [2.24, 2.45) is 0 Å². The summed E-state index contributed by atoms with van der Waals surface area (Å²) in [6.45, 7) is 0.251. The number of methoxy groups -OCH3 is 2. The van der Waals surface area contributed by atoms with E-state index in [2.05, 4.69) is 10.1 Å². The van der Waals surface area contributed by atoms with Crippen molar-refractivity contribution in [1.29, 1.82) is 0 Å². The second-order valence-corrected chi connectivity index (χ2v) is 4.69. The molecule has 0 aliphatic rings. The van der Waals surface area contributed by atoms with Crippen LogP contribution < -0.4 is 0 Å². The maximum atomic E-state index is 11.9. The molecule has 0 saturated carbocycles. The molecule has 0 fully saturated rings. The Kier molecular flexibility index (Phi) is 3.84. The molecule has 3 rings (SSSR count). The van der Waals surface area contributed by atoms with Gasteiger partial charge in [0.2, 0.25) is 0 Å². The lowest BCUT2D eigenvalue weighted by atomic mass is 10.1. The van der Waals surface area contributed by atoms with Gasteiger partial charge in [0.15, 0.2) is 0 Å². The number of aromatic nitrogens is 3. The fraction of sp³-hybridized carbons (Fsp3) is 0.188. The maximum absolute atomic E-state index is 11.9. The lowest BCUT2D eigenvalue weighted by Gasteiger charge is -2.10. The topological polar surface area (TPSA) is 66.2 Å². The third kappa shape index (κ3) is 2.33. The summed E-state index contributed by atoms with van der Waals surface area (Å²) >= 11 is 0. The first-order valence-corrected chi connectivity index (χ1v) is 6.74. The molecule has 0 unspecified atom stereocenters. The molecule has 0 amide bonds. The molecule has 0 saturated heterocycles. The van der Waals surface area contributed by atoms with Crippen LogP contribution >= 0.6 is 0 Å². The van der Waals surface area contributed by atoms with Gasteiger partial charge in [0.25, 0.3) is 0 Å². The molecule has 2 heterocycles. The average molecular weight is 297 g/mol. The molecule has 112 valence electrons. The minimum Gasteiger partial charge on any atom is -0.465 e. The number of hydrogen-bond donors (Lipinski definition) is 0. The second kappa shape index (κ2) is 5.95. The van der Waals surface area contributed by atoms with Gasteiger partial charge in [-0.05, 0) is 24.3 Å². The van der Waals surface area contributed by atoms with Crippen LogP contribution in [0.15, 0.2) is 42.7 Å². The number of carbonyl (C=O) groups is 1. The first-order chi connectivity index (χ1) is 10.8. The summed E-state index contributed by atoms with van der Waals surface area (Å²) < 4.78 is 11.7. The van der Waals surface area contributed by atoms with Gasteiger partial charge in [0.1, 0.15) is 5.56 Å². The van der Waals surface area contributed by atoms with Crippen molar-refractivity contribution in [3.8, 4) is 5.69 Å². The number of carbonyl (C=O) groups excluding carboxylic acids is 1. The quantitative estimate of drug-likeness (QED) is 0.692. The fourth-order valence-electron chi connectivity index (χ4n) is 2.41. The number of benzene rings is 1. The highest BCUT2D eigenvalue weighted by atomic mass is 16.5.